The molecular weight excluding hydrogens is 199 g/mol. The van der Waals surface area contributed by atoms with Crippen molar-refractivity contribution in [2.24, 2.45) is 0 Å². The van der Waals surface area contributed by atoms with Gasteiger partial charge in [-0.2, -0.15) is 0 Å². The minimum atomic E-state index is -0.267. The summed E-state index contributed by atoms with van der Waals surface area (Å²) in [6, 6.07) is 0. The Labute approximate surface area is 95.6 Å². The molecule has 0 spiro atoms. The number of allylic oxidation sites excluding steroid dienone is 4. The minimum Gasteiger partial charge on any atom is -0.0445 e. The standard InChI is InChI=1S/C14H23P/c1-9-10(2)12-8-15(13(4,5)6)14(12,7)11(9)3/h8H2,1-7H3/p+1. The van der Waals surface area contributed by atoms with Gasteiger partial charge in [0.05, 0.1) is 11.3 Å². The lowest BCUT2D eigenvalue weighted by molar-refractivity contribution is 0.706. The van der Waals surface area contributed by atoms with Crippen LogP contribution in [0, 0.1) is 0 Å². The molecule has 84 valence electrons. The van der Waals surface area contributed by atoms with Crippen LogP contribution in [0.1, 0.15) is 48.5 Å². The van der Waals surface area contributed by atoms with Gasteiger partial charge in [-0.1, -0.05) is 0 Å². The molecule has 2 rings (SSSR count). The van der Waals surface area contributed by atoms with Gasteiger partial charge in [-0.05, 0) is 65.2 Å². The zero-order valence-electron chi connectivity index (χ0n) is 11.2. The van der Waals surface area contributed by atoms with E-state index in [1.54, 1.807) is 22.3 Å². The molecule has 0 N–H and O–H groups in total. The van der Waals surface area contributed by atoms with Gasteiger partial charge in [-0.3, -0.25) is 0 Å². The average molecular weight is 223 g/mol. The predicted octanol–water partition coefficient (Wildman–Crippen LogP) is 4.44. The van der Waals surface area contributed by atoms with E-state index in [0.717, 1.165) is 0 Å². The Bertz CT molecular complexity index is 359. The SMILES string of the molecule is CC1=C(C)C2(C)C(=C1C)C[PH+]2C(C)(C)C. The Morgan fingerprint density at radius 1 is 1.07 bits per heavy atom. The van der Waals surface area contributed by atoms with E-state index in [1.807, 2.05) is 0 Å². The smallest absolute Gasteiger partial charge is 0.0445 e. The second kappa shape index (κ2) is 2.98. The van der Waals surface area contributed by atoms with Crippen molar-refractivity contribution >= 4 is 7.92 Å². The molecule has 0 aromatic rings. The molecule has 1 saturated heterocycles. The van der Waals surface area contributed by atoms with E-state index in [0.29, 0.717) is 10.3 Å². The molecule has 1 aliphatic carbocycles. The Morgan fingerprint density at radius 3 is 2.00 bits per heavy atom. The monoisotopic (exact) mass is 223 g/mol. The van der Waals surface area contributed by atoms with Crippen LogP contribution in [0.2, 0.25) is 0 Å². The summed E-state index contributed by atoms with van der Waals surface area (Å²) in [5, 5.41) is 1.03. The van der Waals surface area contributed by atoms with Gasteiger partial charge in [0.1, 0.15) is 5.16 Å². The minimum absolute atomic E-state index is 0.267. The van der Waals surface area contributed by atoms with E-state index in [-0.39, 0.29) is 7.92 Å². The van der Waals surface area contributed by atoms with Crippen LogP contribution >= 0.6 is 7.92 Å². The second-order valence-electron chi connectivity index (χ2n) is 6.38. The van der Waals surface area contributed by atoms with E-state index >= 15 is 0 Å². The zero-order valence-corrected chi connectivity index (χ0v) is 12.2. The van der Waals surface area contributed by atoms with Crippen LogP contribution in [0.5, 0.6) is 0 Å². The van der Waals surface area contributed by atoms with Gasteiger partial charge in [-0.25, -0.2) is 0 Å². The Balaban J connectivity index is 2.46. The molecule has 2 aliphatic rings. The van der Waals surface area contributed by atoms with Crippen molar-refractivity contribution in [1.82, 2.24) is 0 Å². The van der Waals surface area contributed by atoms with Crippen molar-refractivity contribution in [2.75, 3.05) is 6.16 Å². The van der Waals surface area contributed by atoms with Crippen molar-refractivity contribution in [2.45, 2.75) is 58.8 Å². The maximum absolute atomic E-state index is 2.50. The molecule has 2 atom stereocenters. The summed E-state index contributed by atoms with van der Waals surface area (Å²) in [4.78, 5) is 0. The fraction of sp³-hybridized carbons (Fsp3) is 0.714. The first kappa shape index (κ1) is 11.4. The van der Waals surface area contributed by atoms with Crippen LogP contribution < -0.4 is 0 Å². The summed E-state index contributed by atoms with van der Waals surface area (Å²) < 4.78 is 0. The van der Waals surface area contributed by atoms with E-state index in [4.69, 9.17) is 0 Å². The Hall–Kier alpha value is -0.0900. The fourth-order valence-corrected chi connectivity index (χ4v) is 7.80. The van der Waals surface area contributed by atoms with Crippen molar-refractivity contribution in [1.29, 1.82) is 0 Å². The van der Waals surface area contributed by atoms with Gasteiger partial charge < -0.3 is 0 Å². The summed E-state index contributed by atoms with van der Waals surface area (Å²) in [5.74, 6) is 0. The van der Waals surface area contributed by atoms with Crippen molar-refractivity contribution in [3.8, 4) is 0 Å². The quantitative estimate of drug-likeness (QED) is 0.533. The topological polar surface area (TPSA) is 0 Å². The molecule has 15 heavy (non-hydrogen) atoms. The number of fused-ring (bicyclic) bond motifs is 1. The lowest BCUT2D eigenvalue weighted by Crippen LogP contribution is -2.43. The molecule has 2 unspecified atom stereocenters. The first-order valence-corrected chi connectivity index (χ1v) is 7.66. The van der Waals surface area contributed by atoms with Gasteiger partial charge in [0.25, 0.3) is 0 Å². The summed E-state index contributed by atoms with van der Waals surface area (Å²) in [5.41, 5.74) is 6.62. The van der Waals surface area contributed by atoms with Gasteiger partial charge in [-0.15, -0.1) is 0 Å². The summed E-state index contributed by atoms with van der Waals surface area (Å²) >= 11 is 0. The number of hydrogen-bond acceptors (Lipinski definition) is 0. The summed E-state index contributed by atoms with van der Waals surface area (Å²) in [7, 11) is -0.267. The predicted molar refractivity (Wildman–Crippen MR) is 72.4 cm³/mol. The molecule has 1 aliphatic heterocycles. The highest BCUT2D eigenvalue weighted by molar-refractivity contribution is 7.64. The molecule has 1 heteroatoms. The number of hydrogen-bond donors (Lipinski definition) is 0. The lowest BCUT2D eigenvalue weighted by atomic mass is 9.96. The Morgan fingerprint density at radius 2 is 1.60 bits per heavy atom. The molecule has 0 radical (unpaired) electrons. The zero-order chi connectivity index (χ0) is 11.6. The van der Waals surface area contributed by atoms with Gasteiger partial charge in [0.2, 0.25) is 0 Å². The molecule has 1 fully saturated rings. The van der Waals surface area contributed by atoms with Crippen LogP contribution in [-0.4, -0.2) is 16.5 Å². The molecule has 0 amide bonds. The second-order valence-corrected chi connectivity index (χ2v) is 10.2. The van der Waals surface area contributed by atoms with Crippen LogP contribution in [-0.2, 0) is 0 Å². The van der Waals surface area contributed by atoms with Gasteiger partial charge >= 0.3 is 0 Å². The first-order chi connectivity index (χ1) is 6.70. The summed E-state index contributed by atoms with van der Waals surface area (Å²) in [6.07, 6.45) is 1.42. The van der Waals surface area contributed by atoms with Gasteiger partial charge in [0, 0.05) is 13.5 Å². The molecule has 0 nitrogen and oxygen atoms in total. The highest BCUT2D eigenvalue weighted by Crippen LogP contribution is 2.76. The molecule has 1 heterocycles. The first-order valence-electron chi connectivity index (χ1n) is 5.96. The highest BCUT2D eigenvalue weighted by atomic mass is 31.1. The van der Waals surface area contributed by atoms with Gasteiger partial charge in [0.15, 0.2) is 0 Å². The maximum atomic E-state index is 2.50. The summed E-state index contributed by atoms with van der Waals surface area (Å²) in [6.45, 7) is 16.8. The van der Waals surface area contributed by atoms with Crippen molar-refractivity contribution < 1.29 is 0 Å². The van der Waals surface area contributed by atoms with Crippen LogP contribution in [0.3, 0.4) is 0 Å². The molecule has 0 aromatic carbocycles. The molecular formula is C14H24P+. The van der Waals surface area contributed by atoms with E-state index in [1.165, 1.54) is 6.16 Å². The Kier molecular flexibility index (Phi) is 2.26. The van der Waals surface area contributed by atoms with Crippen LogP contribution in [0.25, 0.3) is 0 Å². The third kappa shape index (κ3) is 1.24. The lowest BCUT2D eigenvalue weighted by Gasteiger charge is -2.47. The average Bonchev–Trinajstić information content (AvgIpc) is 2.18. The normalized spacial score (nSPS) is 35.8. The van der Waals surface area contributed by atoms with Crippen molar-refractivity contribution in [3.63, 3.8) is 0 Å². The van der Waals surface area contributed by atoms with Crippen molar-refractivity contribution in [3.05, 3.63) is 22.3 Å². The largest absolute Gasteiger partial charge is 0.121 e. The van der Waals surface area contributed by atoms with E-state index in [9.17, 15) is 0 Å². The van der Waals surface area contributed by atoms with Crippen LogP contribution in [0.4, 0.5) is 0 Å². The third-order valence-electron chi connectivity index (χ3n) is 4.79. The molecule has 0 aromatic heterocycles. The maximum Gasteiger partial charge on any atom is 0.121 e. The van der Waals surface area contributed by atoms with E-state index < -0.39 is 0 Å². The highest BCUT2D eigenvalue weighted by Gasteiger charge is 2.63. The van der Waals surface area contributed by atoms with E-state index in [2.05, 4.69) is 48.5 Å². The number of rotatable bonds is 0. The van der Waals surface area contributed by atoms with Crippen LogP contribution in [0.15, 0.2) is 22.3 Å². The third-order valence-corrected chi connectivity index (χ3v) is 9.20. The molecule has 0 saturated carbocycles. The molecule has 0 bridgehead atoms. The fourth-order valence-electron chi connectivity index (χ4n) is 3.46.